The molecule has 1 aliphatic heterocycles. The number of hydrogen-bond donors (Lipinski definition) is 1. The Balaban J connectivity index is 1.28. The Labute approximate surface area is 199 Å². The molecule has 0 aliphatic carbocycles. The van der Waals surface area contributed by atoms with E-state index in [1.165, 1.54) is 16.9 Å². The normalized spacial score (nSPS) is 14.8. The topological polar surface area (TPSA) is 70.5 Å². The fraction of sp³-hybridized carbons (Fsp3) is 0.400. The zero-order valence-corrected chi connectivity index (χ0v) is 20.1. The van der Waals surface area contributed by atoms with Gasteiger partial charge in [0, 0.05) is 49.4 Å². The molecule has 1 N–H and O–H groups in total. The lowest BCUT2D eigenvalue weighted by molar-refractivity contribution is -0.122. The number of aromatic nitrogens is 2. The first-order chi connectivity index (χ1) is 16.0. The van der Waals surface area contributed by atoms with Crippen LogP contribution < -0.4 is 5.32 Å². The molecule has 0 saturated carbocycles. The minimum Gasteiger partial charge on any atom is -0.351 e. The SMILES string of the molecule is Cc1nn(Cc2ccccc2)c(C)c1CNC(=O)CN1CCCN(C(=O)c2ccsc2)CC1. The summed E-state index contributed by atoms with van der Waals surface area (Å²) >= 11 is 1.54. The van der Waals surface area contributed by atoms with E-state index in [9.17, 15) is 9.59 Å². The van der Waals surface area contributed by atoms with E-state index in [1.54, 1.807) is 0 Å². The maximum Gasteiger partial charge on any atom is 0.254 e. The molecule has 174 valence electrons. The largest absolute Gasteiger partial charge is 0.351 e. The molecule has 3 aromatic rings. The van der Waals surface area contributed by atoms with Gasteiger partial charge in [-0.25, -0.2) is 0 Å². The number of hydrogen-bond acceptors (Lipinski definition) is 5. The fourth-order valence-corrected chi connectivity index (χ4v) is 4.88. The van der Waals surface area contributed by atoms with Gasteiger partial charge in [0.1, 0.15) is 0 Å². The van der Waals surface area contributed by atoms with Gasteiger partial charge in [0.25, 0.3) is 5.91 Å². The van der Waals surface area contributed by atoms with Crippen molar-refractivity contribution in [2.45, 2.75) is 33.4 Å². The Hall–Kier alpha value is -2.97. The lowest BCUT2D eigenvalue weighted by Gasteiger charge is -2.21. The molecule has 8 heteroatoms. The van der Waals surface area contributed by atoms with Crippen LogP contribution in [-0.2, 0) is 17.9 Å². The summed E-state index contributed by atoms with van der Waals surface area (Å²) in [5, 5.41) is 11.6. The van der Waals surface area contributed by atoms with Crippen LogP contribution in [0.5, 0.6) is 0 Å². The quantitative estimate of drug-likeness (QED) is 0.582. The number of benzene rings is 1. The molecule has 2 amide bonds. The molecular weight excluding hydrogens is 434 g/mol. The van der Waals surface area contributed by atoms with Gasteiger partial charge in [-0.2, -0.15) is 16.4 Å². The predicted octanol–water partition coefficient (Wildman–Crippen LogP) is 3.07. The molecule has 0 bridgehead atoms. The summed E-state index contributed by atoms with van der Waals surface area (Å²) in [5.74, 6) is 0.0863. The molecule has 4 rings (SSSR count). The third-order valence-electron chi connectivity index (χ3n) is 6.18. The summed E-state index contributed by atoms with van der Waals surface area (Å²) in [4.78, 5) is 29.3. The highest BCUT2D eigenvalue weighted by atomic mass is 32.1. The third-order valence-corrected chi connectivity index (χ3v) is 6.86. The molecular formula is C25H31N5O2S. The highest BCUT2D eigenvalue weighted by molar-refractivity contribution is 7.08. The van der Waals surface area contributed by atoms with Crippen LogP contribution >= 0.6 is 11.3 Å². The lowest BCUT2D eigenvalue weighted by Crippen LogP contribution is -2.40. The van der Waals surface area contributed by atoms with E-state index in [1.807, 2.05) is 51.5 Å². The molecule has 2 aromatic heterocycles. The van der Waals surface area contributed by atoms with Crippen molar-refractivity contribution in [1.29, 1.82) is 0 Å². The van der Waals surface area contributed by atoms with Crippen molar-refractivity contribution in [3.8, 4) is 0 Å². The molecule has 33 heavy (non-hydrogen) atoms. The second-order valence-electron chi connectivity index (χ2n) is 8.50. The van der Waals surface area contributed by atoms with Gasteiger partial charge in [0.05, 0.1) is 24.3 Å². The average Bonchev–Trinajstić information content (AvgIpc) is 3.36. The Kier molecular flexibility index (Phi) is 7.57. The summed E-state index contributed by atoms with van der Waals surface area (Å²) in [5.41, 5.74) is 5.05. The third kappa shape index (κ3) is 5.89. The molecule has 7 nitrogen and oxygen atoms in total. The van der Waals surface area contributed by atoms with Crippen molar-refractivity contribution in [3.63, 3.8) is 0 Å². The summed E-state index contributed by atoms with van der Waals surface area (Å²) in [7, 11) is 0. The smallest absolute Gasteiger partial charge is 0.254 e. The van der Waals surface area contributed by atoms with Crippen molar-refractivity contribution in [3.05, 3.63) is 75.2 Å². The highest BCUT2D eigenvalue weighted by Gasteiger charge is 2.22. The van der Waals surface area contributed by atoms with Gasteiger partial charge in [0.2, 0.25) is 5.91 Å². The van der Waals surface area contributed by atoms with Gasteiger partial charge >= 0.3 is 0 Å². The number of aryl methyl sites for hydroxylation is 1. The monoisotopic (exact) mass is 465 g/mol. The van der Waals surface area contributed by atoms with Gasteiger partial charge < -0.3 is 10.2 Å². The van der Waals surface area contributed by atoms with Gasteiger partial charge in [-0.3, -0.25) is 19.2 Å². The average molecular weight is 466 g/mol. The minimum atomic E-state index is 0.00206. The first kappa shape index (κ1) is 23.2. The zero-order valence-electron chi connectivity index (χ0n) is 19.3. The fourth-order valence-electron chi connectivity index (χ4n) is 4.25. The summed E-state index contributed by atoms with van der Waals surface area (Å²) in [6.07, 6.45) is 0.869. The Morgan fingerprint density at radius 3 is 2.64 bits per heavy atom. The highest BCUT2D eigenvalue weighted by Crippen LogP contribution is 2.15. The van der Waals surface area contributed by atoms with Crippen molar-refractivity contribution >= 4 is 23.2 Å². The first-order valence-electron chi connectivity index (χ1n) is 11.4. The van der Waals surface area contributed by atoms with E-state index >= 15 is 0 Å². The van der Waals surface area contributed by atoms with Crippen LogP contribution in [0.3, 0.4) is 0 Å². The van der Waals surface area contributed by atoms with Gasteiger partial charge in [0.15, 0.2) is 0 Å². The van der Waals surface area contributed by atoms with Crippen LogP contribution in [0.2, 0.25) is 0 Å². The van der Waals surface area contributed by atoms with Crippen LogP contribution in [0.4, 0.5) is 0 Å². The Morgan fingerprint density at radius 2 is 1.88 bits per heavy atom. The maximum atomic E-state index is 12.7. The number of carbonyl (C=O) groups is 2. The minimum absolute atomic E-state index is 0.00206. The molecule has 0 atom stereocenters. The van der Waals surface area contributed by atoms with E-state index in [0.29, 0.717) is 26.2 Å². The Morgan fingerprint density at radius 1 is 1.06 bits per heavy atom. The van der Waals surface area contributed by atoms with Crippen LogP contribution in [0.15, 0.2) is 47.2 Å². The second-order valence-corrected chi connectivity index (χ2v) is 9.28. The summed E-state index contributed by atoms with van der Waals surface area (Å²) in [6.45, 7) is 8.47. The van der Waals surface area contributed by atoms with Crippen LogP contribution in [0.1, 0.15) is 39.3 Å². The number of amides is 2. The van der Waals surface area contributed by atoms with Crippen LogP contribution in [0, 0.1) is 13.8 Å². The van der Waals surface area contributed by atoms with Crippen molar-refractivity contribution in [1.82, 2.24) is 24.9 Å². The molecule has 3 heterocycles. The van der Waals surface area contributed by atoms with Crippen LogP contribution in [-0.4, -0.2) is 64.1 Å². The van der Waals surface area contributed by atoms with Gasteiger partial charge in [-0.1, -0.05) is 30.3 Å². The van der Waals surface area contributed by atoms with Gasteiger partial charge in [-0.15, -0.1) is 0 Å². The van der Waals surface area contributed by atoms with E-state index in [2.05, 4.69) is 34.4 Å². The molecule has 0 radical (unpaired) electrons. The van der Waals surface area contributed by atoms with E-state index < -0.39 is 0 Å². The number of rotatable bonds is 7. The van der Waals surface area contributed by atoms with Crippen molar-refractivity contribution < 1.29 is 9.59 Å². The molecule has 0 unspecified atom stereocenters. The molecule has 1 aliphatic rings. The van der Waals surface area contributed by atoms with Crippen molar-refractivity contribution in [2.75, 3.05) is 32.7 Å². The lowest BCUT2D eigenvalue weighted by atomic mass is 10.2. The van der Waals surface area contributed by atoms with E-state index in [4.69, 9.17) is 0 Å². The number of carbonyl (C=O) groups excluding carboxylic acids is 2. The zero-order chi connectivity index (χ0) is 23.2. The van der Waals surface area contributed by atoms with E-state index in [0.717, 1.165) is 48.6 Å². The standard InChI is InChI=1S/C25H31N5O2S/c1-19-23(20(2)30(27-19)16-21-7-4-3-5-8-21)15-26-24(31)17-28-10-6-11-29(13-12-28)25(32)22-9-14-33-18-22/h3-5,7-9,14,18H,6,10-13,15-17H2,1-2H3,(H,26,31). The number of nitrogens with one attached hydrogen (secondary N) is 1. The maximum absolute atomic E-state index is 12.7. The Bertz CT molecular complexity index is 1080. The van der Waals surface area contributed by atoms with E-state index in [-0.39, 0.29) is 11.8 Å². The summed E-state index contributed by atoms with van der Waals surface area (Å²) < 4.78 is 2.00. The predicted molar refractivity (Wildman–Crippen MR) is 130 cm³/mol. The van der Waals surface area contributed by atoms with Crippen LogP contribution in [0.25, 0.3) is 0 Å². The molecule has 0 spiro atoms. The molecule has 1 fully saturated rings. The summed E-state index contributed by atoms with van der Waals surface area (Å²) in [6, 6.07) is 12.1. The second kappa shape index (κ2) is 10.8. The van der Waals surface area contributed by atoms with Crippen molar-refractivity contribution in [2.24, 2.45) is 0 Å². The van der Waals surface area contributed by atoms with Gasteiger partial charge in [-0.05, 0) is 37.3 Å². The number of nitrogens with zero attached hydrogens (tertiary/aromatic N) is 4. The molecule has 1 saturated heterocycles. The first-order valence-corrected chi connectivity index (χ1v) is 12.3. The molecule has 1 aromatic carbocycles. The number of thiophene rings is 1.